The van der Waals surface area contributed by atoms with E-state index in [1.54, 1.807) is 12.1 Å². The van der Waals surface area contributed by atoms with E-state index < -0.39 is 231 Å². The van der Waals surface area contributed by atoms with Crippen molar-refractivity contribution in [3.63, 3.8) is 0 Å². The summed E-state index contributed by atoms with van der Waals surface area (Å²) in [6.45, 7) is -3.00. The van der Waals surface area contributed by atoms with Crippen LogP contribution in [0.2, 0.25) is 0 Å². The van der Waals surface area contributed by atoms with E-state index in [1.807, 2.05) is 0 Å². The molecule has 0 spiro atoms. The molecule has 105 heavy (non-hydrogen) atoms. The van der Waals surface area contributed by atoms with Gasteiger partial charge in [-0.1, -0.05) is 30.3 Å². The number of carboxylic acid groups (broad SMARTS) is 1. The Morgan fingerprint density at radius 1 is 0.419 bits per heavy atom. The minimum Gasteiger partial charge on any atom is -0.508 e. The molecule has 5 aliphatic heterocycles. The highest BCUT2D eigenvalue weighted by Crippen LogP contribution is 2.43. The van der Waals surface area contributed by atoms with Gasteiger partial charge in [-0.2, -0.15) is 0 Å². The van der Waals surface area contributed by atoms with Crippen molar-refractivity contribution in [3.05, 3.63) is 148 Å². The molecule has 18 N–H and O–H groups in total. The Morgan fingerprint density at radius 3 is 1.33 bits per heavy atom. The zero-order valence-electron chi connectivity index (χ0n) is 54.3. The molecule has 4 fully saturated rings. The lowest BCUT2D eigenvalue weighted by Gasteiger charge is -2.40. The van der Waals surface area contributed by atoms with Gasteiger partial charge >= 0.3 is 29.8 Å². The van der Waals surface area contributed by atoms with Crippen LogP contribution in [0, 0.1) is 0 Å². The first-order chi connectivity index (χ1) is 50.0. The maximum absolute atomic E-state index is 14.0. The second-order valence-corrected chi connectivity index (χ2v) is 24.1. The number of rotatable bonds is 25. The molecule has 6 aliphatic rings. The van der Waals surface area contributed by atoms with E-state index in [2.05, 4.69) is 0 Å². The number of aliphatic hydroxyl groups is 12. The van der Waals surface area contributed by atoms with Crippen molar-refractivity contribution in [3.8, 4) is 68.6 Å². The first kappa shape index (κ1) is 77.3. The van der Waals surface area contributed by atoms with Gasteiger partial charge < -0.3 is 153 Å². The third-order valence-electron chi connectivity index (χ3n) is 16.6. The Balaban J connectivity index is 0.832. The predicted molar refractivity (Wildman–Crippen MR) is 347 cm³/mol. The van der Waals surface area contributed by atoms with Gasteiger partial charge in [0.05, 0.1) is 11.6 Å². The molecular formula is C69H71O36+. The Hall–Kier alpha value is -10.4. The van der Waals surface area contributed by atoms with Crippen LogP contribution in [0.1, 0.15) is 23.1 Å². The summed E-state index contributed by atoms with van der Waals surface area (Å²) in [5.41, 5.74) is -0.260. The van der Waals surface area contributed by atoms with E-state index in [0.717, 1.165) is 60.7 Å². The fraction of sp³-hybridized carbons (Fsp3) is 0.362. The molecule has 4 aromatic carbocycles. The average Bonchev–Trinajstić information content (AvgIpc) is 0.842. The van der Waals surface area contributed by atoms with E-state index >= 15 is 0 Å². The van der Waals surface area contributed by atoms with Gasteiger partial charge in [-0.25, -0.2) is 9.59 Å². The van der Waals surface area contributed by atoms with Crippen molar-refractivity contribution in [1.29, 1.82) is 0 Å². The Morgan fingerprint density at radius 2 is 0.848 bits per heavy atom. The number of hydrogen-bond acceptors (Lipinski definition) is 34. The molecule has 1 aliphatic carbocycles. The van der Waals surface area contributed by atoms with Crippen LogP contribution in [0.15, 0.2) is 131 Å². The first-order valence-corrected chi connectivity index (χ1v) is 31.7. The third-order valence-corrected chi connectivity index (χ3v) is 16.6. The van der Waals surface area contributed by atoms with Crippen LogP contribution in [-0.2, 0) is 57.1 Å². The highest BCUT2D eigenvalue weighted by atomic mass is 16.7. The minimum absolute atomic E-state index is 0.0202. The SMILES string of the molecule is O=C(O)CC(=O)OC[C@H]1O[C@@H](Oc2cc3c(=O)cc(O[C@@H]4O[C@H](COC(=O)C=Cc5ccc(O)cc5)[C@@H](O)[C@H](O)[C@H]4O)cc-3oc2-c2ccc(O)c(O[C@@H]3O[C@H](COC(=O)/C=C/c4ccc(O[C@@H]5O[C@H](COC(=[OH+])C=Cc6ccc(O)cc6)[C@@H](O)[C@H](O)[C@H]5O)c(O)c4)[C@@H](O)[C@H](O)[C@H]3O)c2)[C@H](O)[C@@H](O)[C@@H]1O. The highest BCUT2D eigenvalue weighted by Gasteiger charge is 2.50. The lowest BCUT2D eigenvalue weighted by atomic mass is 9.99. The fourth-order valence-electron chi connectivity index (χ4n) is 10.8. The molecule has 0 radical (unpaired) electrons. The van der Waals surface area contributed by atoms with Gasteiger partial charge in [-0.15, -0.1) is 0 Å². The number of benzene rings is 5. The quantitative estimate of drug-likeness (QED) is 0.00946. The lowest BCUT2D eigenvalue weighted by Crippen LogP contribution is -2.60. The summed E-state index contributed by atoms with van der Waals surface area (Å²) in [4.78, 5) is 73.3. The zero-order chi connectivity index (χ0) is 75.7. The number of aromatic hydroxyl groups is 4. The number of ether oxygens (including phenoxy) is 12. The van der Waals surface area contributed by atoms with Crippen molar-refractivity contribution in [1.82, 2.24) is 0 Å². The molecule has 0 aromatic heterocycles. The van der Waals surface area contributed by atoms with Crippen molar-refractivity contribution in [2.45, 2.75) is 129 Å². The highest BCUT2D eigenvalue weighted by molar-refractivity contribution is 5.90. The summed E-state index contributed by atoms with van der Waals surface area (Å²) < 4.78 is 73.0. The number of esters is 4. The summed E-state index contributed by atoms with van der Waals surface area (Å²) in [6, 6.07) is 21.4. The Bertz CT molecular complexity index is 4160. The molecule has 36 heteroatoms. The topological polar surface area (TPSA) is 575 Å². The molecule has 0 bridgehead atoms. The number of aliphatic hydroxyl groups excluding tert-OH is 12. The fourth-order valence-corrected chi connectivity index (χ4v) is 10.8. The summed E-state index contributed by atoms with van der Waals surface area (Å²) in [6.07, 6.45) is -31.9. The van der Waals surface area contributed by atoms with Gasteiger partial charge in [0.15, 0.2) is 46.0 Å². The van der Waals surface area contributed by atoms with Gasteiger partial charge in [-0.05, 0) is 95.6 Å². The monoisotopic (exact) mass is 1480 g/mol. The van der Waals surface area contributed by atoms with Crippen LogP contribution in [0.5, 0.6) is 46.0 Å². The number of phenols is 4. The molecular weight excluding hydrogens is 1400 g/mol. The van der Waals surface area contributed by atoms with Crippen LogP contribution in [0.4, 0.5) is 0 Å². The largest absolute Gasteiger partial charge is 0.510 e. The standard InChI is InChI=1S/C69H70O36/c70-33-10-1-29(2-11-33)6-16-49(77)93-25-44-53(81)57(85)61(89)66(102-44)97-35-21-38(73)36-23-43(101-69-64(92)60(88)56(84)47(105-69)28-96-52(80)24-48(75)76)65(98-41(36)22-35)32-9-14-37(72)42(20-32)100-68-63(91)59(87)55(83)46(104-68)27-95-51(79)18-8-31-5-15-40(39(74)19-31)99-67-62(90)58(86)54(82)45(103-67)26-94-50(78)17-7-30-3-12-34(71)13-4-30/h1-23,44-47,53-64,66-72,74,81-92H,24-28H2,(H,75,76)/p+1/b16-6?,17-7?,18-8+/t44-,45-,46-,47-,53-,54-,55-,56-,57+,58+,59+,60+,61-,62-,63-,64-,66-,67-,68-,69-/m1/s1. The van der Waals surface area contributed by atoms with Crippen molar-refractivity contribution >= 4 is 48.1 Å². The predicted octanol–water partition coefficient (Wildman–Crippen LogP) is -2.26. The molecule has 0 unspecified atom stereocenters. The Kier molecular flexibility index (Phi) is 25.0. The number of carbonyl (C=O) groups is 4. The number of carboxylic acids is 1. The van der Waals surface area contributed by atoms with Gasteiger partial charge in [-0.3, -0.25) is 14.4 Å². The average molecular weight is 1480 g/mol. The summed E-state index contributed by atoms with van der Waals surface area (Å²) in [7, 11) is 0. The molecule has 0 amide bonds. The molecule has 562 valence electrons. The zero-order valence-corrected chi connectivity index (χ0v) is 54.3. The molecule has 36 nitrogen and oxygen atoms in total. The third kappa shape index (κ3) is 19.2. The smallest absolute Gasteiger partial charge is 0.508 e. The van der Waals surface area contributed by atoms with Crippen LogP contribution in [0.3, 0.4) is 0 Å². The number of hydrogen-bond donors (Lipinski definition) is 17. The number of aliphatic carboxylic acids is 1. The second-order valence-electron chi connectivity index (χ2n) is 24.1. The van der Waals surface area contributed by atoms with E-state index in [-0.39, 0.29) is 33.9 Å². The van der Waals surface area contributed by atoms with E-state index in [9.17, 15) is 110 Å². The van der Waals surface area contributed by atoms with Gasteiger partial charge in [0, 0.05) is 29.8 Å². The van der Waals surface area contributed by atoms with E-state index in [0.29, 0.717) is 11.1 Å². The number of phenolic OH excluding ortho intramolecular Hbond substituents is 4. The molecule has 4 aromatic rings. The van der Waals surface area contributed by atoms with Crippen molar-refractivity contribution in [2.75, 3.05) is 26.4 Å². The maximum atomic E-state index is 14.0. The number of fused-ring (bicyclic) bond motifs is 1. The van der Waals surface area contributed by atoms with Gasteiger partial charge in [0.25, 0.3) is 0 Å². The summed E-state index contributed by atoms with van der Waals surface area (Å²) in [5.74, 6) is -9.56. The van der Waals surface area contributed by atoms with Gasteiger partial charge in [0.2, 0.25) is 31.8 Å². The van der Waals surface area contributed by atoms with Crippen LogP contribution in [-0.4, -0.2) is 271 Å². The molecule has 10 rings (SSSR count). The van der Waals surface area contributed by atoms with E-state index in [4.69, 9.17) is 66.4 Å². The minimum atomic E-state index is -2.15. The van der Waals surface area contributed by atoms with Crippen molar-refractivity contribution in [2.24, 2.45) is 0 Å². The summed E-state index contributed by atoms with van der Waals surface area (Å²) in [5, 5.41) is 181. The van der Waals surface area contributed by atoms with Gasteiger partial charge in [0.1, 0.15) is 141 Å². The van der Waals surface area contributed by atoms with Crippen LogP contribution < -0.4 is 24.4 Å². The van der Waals surface area contributed by atoms with Crippen LogP contribution in [0.25, 0.3) is 40.9 Å². The van der Waals surface area contributed by atoms with E-state index in [1.165, 1.54) is 66.8 Å². The molecule has 0 saturated carbocycles. The van der Waals surface area contributed by atoms with Crippen LogP contribution >= 0.6 is 0 Å². The maximum Gasteiger partial charge on any atom is 0.510 e. The first-order valence-electron chi connectivity index (χ1n) is 31.7. The number of carbonyl (C=O) groups excluding carboxylic acids is 4. The lowest BCUT2D eigenvalue weighted by molar-refractivity contribution is -0.278. The molecule has 4 saturated heterocycles. The molecule has 20 atom stereocenters. The summed E-state index contributed by atoms with van der Waals surface area (Å²) >= 11 is 0. The molecule has 5 heterocycles. The normalized spacial score (nSPS) is 29.1. The Labute approximate surface area is 590 Å². The van der Waals surface area contributed by atoms with Crippen molar-refractivity contribution < 1.29 is 172 Å². The second kappa shape index (κ2) is 34.0.